The molecule has 0 bridgehead atoms. The zero-order chi connectivity index (χ0) is 7.82. The van der Waals surface area contributed by atoms with Gasteiger partial charge in [0.2, 0.25) is 5.91 Å². The number of carbonyl (C=O) groups excluding carboxylic acids is 1. The molecule has 0 aliphatic heterocycles. The molecule has 10 heavy (non-hydrogen) atoms. The van der Waals surface area contributed by atoms with Gasteiger partial charge >= 0.3 is 0 Å². The SMILES string of the molecule is O=C(CCCCS)NCS. The Morgan fingerprint density at radius 3 is 2.50 bits per heavy atom. The normalized spacial score (nSPS) is 9.40. The van der Waals surface area contributed by atoms with Crippen molar-refractivity contribution in [1.82, 2.24) is 5.32 Å². The van der Waals surface area contributed by atoms with Crippen molar-refractivity contribution in [3.63, 3.8) is 0 Å². The maximum Gasteiger partial charge on any atom is 0.220 e. The van der Waals surface area contributed by atoms with Gasteiger partial charge in [-0.2, -0.15) is 25.3 Å². The topological polar surface area (TPSA) is 29.1 Å². The molecule has 0 fully saturated rings. The molecular formula is C6H13NOS2. The molecule has 0 unspecified atom stereocenters. The summed E-state index contributed by atoms with van der Waals surface area (Å²) in [6.07, 6.45) is 2.52. The standard InChI is InChI=1S/C6H13NOS2/c8-6(7-5-10)3-1-2-4-9/h9-10H,1-5H2,(H,7,8). The van der Waals surface area contributed by atoms with E-state index in [1.165, 1.54) is 0 Å². The van der Waals surface area contributed by atoms with Gasteiger partial charge in [-0.05, 0) is 18.6 Å². The number of hydrogen-bond acceptors (Lipinski definition) is 3. The van der Waals surface area contributed by atoms with Crippen molar-refractivity contribution in [2.24, 2.45) is 0 Å². The fraction of sp³-hybridized carbons (Fsp3) is 0.833. The van der Waals surface area contributed by atoms with Gasteiger partial charge in [0.1, 0.15) is 0 Å². The average Bonchev–Trinajstić information content (AvgIpc) is 1.89. The molecule has 2 nitrogen and oxygen atoms in total. The average molecular weight is 179 g/mol. The van der Waals surface area contributed by atoms with Crippen molar-refractivity contribution in [1.29, 1.82) is 0 Å². The Balaban J connectivity index is 3.05. The Morgan fingerprint density at radius 2 is 2.00 bits per heavy atom. The molecule has 0 saturated carbocycles. The van der Waals surface area contributed by atoms with Crippen molar-refractivity contribution in [2.45, 2.75) is 19.3 Å². The first kappa shape index (κ1) is 10.2. The Labute approximate surface area is 72.6 Å². The van der Waals surface area contributed by atoms with E-state index in [1.54, 1.807) is 0 Å². The third-order valence-electron chi connectivity index (χ3n) is 1.09. The van der Waals surface area contributed by atoms with Gasteiger partial charge in [-0.25, -0.2) is 0 Å². The van der Waals surface area contributed by atoms with Crippen LogP contribution < -0.4 is 5.32 Å². The van der Waals surface area contributed by atoms with E-state index in [-0.39, 0.29) is 5.91 Å². The third kappa shape index (κ3) is 6.29. The van der Waals surface area contributed by atoms with Crippen molar-refractivity contribution < 1.29 is 4.79 Å². The van der Waals surface area contributed by atoms with Gasteiger partial charge in [0.25, 0.3) is 0 Å². The summed E-state index contributed by atoms with van der Waals surface area (Å²) >= 11 is 7.89. The highest BCUT2D eigenvalue weighted by molar-refractivity contribution is 7.80. The number of amides is 1. The predicted octanol–water partition coefficient (Wildman–Crippen LogP) is 1.09. The lowest BCUT2D eigenvalue weighted by Crippen LogP contribution is -2.20. The molecule has 0 aromatic carbocycles. The number of nitrogens with one attached hydrogen (secondary N) is 1. The zero-order valence-electron chi connectivity index (χ0n) is 5.84. The minimum Gasteiger partial charge on any atom is -0.347 e. The molecule has 0 radical (unpaired) electrons. The van der Waals surface area contributed by atoms with E-state index in [0.29, 0.717) is 12.3 Å². The van der Waals surface area contributed by atoms with Gasteiger partial charge in [-0.3, -0.25) is 4.79 Å². The van der Waals surface area contributed by atoms with Crippen LogP contribution >= 0.6 is 25.3 Å². The van der Waals surface area contributed by atoms with Crippen LogP contribution in [0.15, 0.2) is 0 Å². The highest BCUT2D eigenvalue weighted by atomic mass is 32.1. The molecular weight excluding hydrogens is 166 g/mol. The lowest BCUT2D eigenvalue weighted by Gasteiger charge is -1.98. The second-order valence-corrected chi connectivity index (χ2v) is 2.70. The molecule has 0 atom stereocenters. The van der Waals surface area contributed by atoms with Crippen LogP contribution in [0.4, 0.5) is 0 Å². The maximum absolute atomic E-state index is 10.7. The highest BCUT2D eigenvalue weighted by Crippen LogP contribution is 1.96. The van der Waals surface area contributed by atoms with E-state index in [1.807, 2.05) is 0 Å². The summed E-state index contributed by atoms with van der Waals surface area (Å²) in [7, 11) is 0. The van der Waals surface area contributed by atoms with Crippen molar-refractivity contribution in [3.8, 4) is 0 Å². The summed E-state index contributed by atoms with van der Waals surface area (Å²) in [5.41, 5.74) is 0. The molecule has 1 N–H and O–H groups in total. The number of hydrogen-bond donors (Lipinski definition) is 3. The van der Waals surface area contributed by atoms with Crippen LogP contribution in [0, 0.1) is 0 Å². The van der Waals surface area contributed by atoms with Crippen LogP contribution in [-0.2, 0) is 4.79 Å². The largest absolute Gasteiger partial charge is 0.347 e. The number of carbonyl (C=O) groups is 1. The predicted molar refractivity (Wildman–Crippen MR) is 49.7 cm³/mol. The first-order valence-electron chi connectivity index (χ1n) is 3.29. The summed E-state index contributed by atoms with van der Waals surface area (Å²) in [6, 6.07) is 0. The van der Waals surface area contributed by atoms with E-state index in [0.717, 1.165) is 18.6 Å². The smallest absolute Gasteiger partial charge is 0.220 e. The van der Waals surface area contributed by atoms with Gasteiger partial charge in [0.15, 0.2) is 0 Å². The summed E-state index contributed by atoms with van der Waals surface area (Å²) in [5.74, 6) is 1.37. The summed E-state index contributed by atoms with van der Waals surface area (Å²) in [6.45, 7) is 0. The van der Waals surface area contributed by atoms with Crippen molar-refractivity contribution in [3.05, 3.63) is 0 Å². The number of unbranched alkanes of at least 4 members (excludes halogenated alkanes) is 1. The molecule has 0 rings (SSSR count). The van der Waals surface area contributed by atoms with Crippen molar-refractivity contribution in [2.75, 3.05) is 11.6 Å². The van der Waals surface area contributed by atoms with E-state index in [4.69, 9.17) is 0 Å². The third-order valence-corrected chi connectivity index (χ3v) is 1.56. The summed E-state index contributed by atoms with van der Waals surface area (Å²) < 4.78 is 0. The molecule has 0 heterocycles. The van der Waals surface area contributed by atoms with Gasteiger partial charge in [-0.15, -0.1) is 0 Å². The second kappa shape index (κ2) is 7.28. The van der Waals surface area contributed by atoms with E-state index in [9.17, 15) is 4.79 Å². The first-order valence-corrected chi connectivity index (χ1v) is 4.56. The van der Waals surface area contributed by atoms with Gasteiger partial charge < -0.3 is 5.32 Å². The lowest BCUT2D eigenvalue weighted by atomic mass is 10.2. The Bertz CT molecular complexity index is 97.7. The van der Waals surface area contributed by atoms with E-state index < -0.39 is 0 Å². The van der Waals surface area contributed by atoms with Gasteiger partial charge in [-0.1, -0.05) is 0 Å². The Morgan fingerprint density at radius 1 is 1.30 bits per heavy atom. The molecule has 0 aliphatic rings. The summed E-state index contributed by atoms with van der Waals surface area (Å²) in [4.78, 5) is 10.7. The molecule has 0 aromatic heterocycles. The van der Waals surface area contributed by atoms with Crippen LogP contribution in [-0.4, -0.2) is 17.5 Å². The van der Waals surface area contributed by atoms with Crippen LogP contribution in [0.2, 0.25) is 0 Å². The van der Waals surface area contributed by atoms with Gasteiger partial charge in [0, 0.05) is 6.42 Å². The minimum atomic E-state index is 0.0804. The van der Waals surface area contributed by atoms with Crippen molar-refractivity contribution >= 4 is 31.2 Å². The second-order valence-electron chi connectivity index (χ2n) is 1.94. The van der Waals surface area contributed by atoms with Crippen LogP contribution in [0.1, 0.15) is 19.3 Å². The first-order chi connectivity index (χ1) is 4.81. The fourth-order valence-electron chi connectivity index (χ4n) is 0.574. The monoisotopic (exact) mass is 179 g/mol. The van der Waals surface area contributed by atoms with Crippen LogP contribution in [0.3, 0.4) is 0 Å². The Hall–Kier alpha value is 0.170. The number of thiol groups is 2. The zero-order valence-corrected chi connectivity index (χ0v) is 7.63. The number of rotatable bonds is 5. The molecule has 0 saturated heterocycles. The van der Waals surface area contributed by atoms with Crippen LogP contribution in [0.25, 0.3) is 0 Å². The fourth-order valence-corrected chi connectivity index (χ4v) is 0.974. The molecule has 60 valence electrons. The quantitative estimate of drug-likeness (QED) is 0.329. The lowest BCUT2D eigenvalue weighted by molar-refractivity contribution is -0.120. The molecule has 0 spiro atoms. The molecule has 0 aromatic rings. The van der Waals surface area contributed by atoms with E-state index in [2.05, 4.69) is 30.6 Å². The highest BCUT2D eigenvalue weighted by Gasteiger charge is 1.96. The van der Waals surface area contributed by atoms with E-state index >= 15 is 0 Å². The minimum absolute atomic E-state index is 0.0804. The Kier molecular flexibility index (Phi) is 7.40. The molecule has 1 amide bonds. The van der Waals surface area contributed by atoms with Crippen LogP contribution in [0.5, 0.6) is 0 Å². The van der Waals surface area contributed by atoms with Gasteiger partial charge in [0.05, 0.1) is 5.88 Å². The molecule has 4 heteroatoms. The maximum atomic E-state index is 10.7. The molecule has 0 aliphatic carbocycles. The summed E-state index contributed by atoms with van der Waals surface area (Å²) in [5, 5.41) is 2.60.